The van der Waals surface area contributed by atoms with Gasteiger partial charge in [-0.05, 0) is 31.4 Å². The van der Waals surface area contributed by atoms with Gasteiger partial charge >= 0.3 is 0 Å². The molecule has 1 fully saturated rings. The van der Waals surface area contributed by atoms with Crippen LogP contribution < -0.4 is 11.1 Å². The monoisotopic (exact) mass is 233 g/mol. The molecule has 1 saturated carbocycles. The fourth-order valence-corrected chi connectivity index (χ4v) is 2.38. The summed E-state index contributed by atoms with van der Waals surface area (Å²) in [7, 11) is 0. The van der Waals surface area contributed by atoms with Gasteiger partial charge in [-0.2, -0.15) is 0 Å². The number of hydrogen-bond acceptors (Lipinski definition) is 3. The largest absolute Gasteiger partial charge is 0.326 e. The van der Waals surface area contributed by atoms with Gasteiger partial charge in [0.15, 0.2) is 0 Å². The van der Waals surface area contributed by atoms with Crippen LogP contribution in [0.3, 0.4) is 0 Å². The molecule has 92 valence electrons. The van der Waals surface area contributed by atoms with Crippen LogP contribution in [0.1, 0.15) is 37.7 Å². The lowest BCUT2D eigenvalue weighted by molar-refractivity contribution is -0.117. The molecule has 1 amide bonds. The second-order valence-electron chi connectivity index (χ2n) is 4.99. The number of nitrogens with zero attached hydrogens (tertiary/aromatic N) is 1. The van der Waals surface area contributed by atoms with Crippen LogP contribution in [0.2, 0.25) is 0 Å². The van der Waals surface area contributed by atoms with Crippen molar-refractivity contribution in [2.24, 2.45) is 5.73 Å². The molecule has 0 aliphatic heterocycles. The van der Waals surface area contributed by atoms with Gasteiger partial charge in [0.1, 0.15) is 0 Å². The maximum atomic E-state index is 11.9. The lowest BCUT2D eigenvalue weighted by atomic mass is 9.94. The molecule has 1 aliphatic rings. The molecule has 3 N–H and O–H groups in total. The summed E-state index contributed by atoms with van der Waals surface area (Å²) in [5, 5.41) is 2.90. The molecule has 1 heterocycles. The van der Waals surface area contributed by atoms with Crippen molar-refractivity contribution in [2.75, 3.05) is 5.32 Å². The molecule has 4 heteroatoms. The smallest absolute Gasteiger partial charge is 0.226 e. The van der Waals surface area contributed by atoms with Crippen LogP contribution >= 0.6 is 0 Å². The number of aryl methyl sites for hydroxylation is 1. The number of rotatable bonds is 3. The molecule has 1 aromatic rings. The normalized spacial score (nSPS) is 18.0. The highest BCUT2D eigenvalue weighted by Crippen LogP contribution is 2.30. The number of carbonyl (C=O) groups is 1. The molecule has 0 unspecified atom stereocenters. The van der Waals surface area contributed by atoms with E-state index in [0.29, 0.717) is 6.42 Å². The molecular formula is C13H19N3O. The summed E-state index contributed by atoms with van der Waals surface area (Å²) in [6.45, 7) is 1.93. The second-order valence-corrected chi connectivity index (χ2v) is 4.99. The van der Waals surface area contributed by atoms with E-state index in [0.717, 1.165) is 36.9 Å². The Balaban J connectivity index is 1.96. The van der Waals surface area contributed by atoms with Crippen LogP contribution in [0.5, 0.6) is 0 Å². The molecule has 0 atom stereocenters. The van der Waals surface area contributed by atoms with Crippen LogP contribution in [-0.2, 0) is 4.79 Å². The van der Waals surface area contributed by atoms with E-state index in [4.69, 9.17) is 5.73 Å². The van der Waals surface area contributed by atoms with Crippen LogP contribution in [0, 0.1) is 6.92 Å². The number of carbonyl (C=O) groups excluding carboxylic acids is 1. The molecular weight excluding hydrogens is 214 g/mol. The van der Waals surface area contributed by atoms with Gasteiger partial charge in [-0.25, -0.2) is 0 Å². The van der Waals surface area contributed by atoms with E-state index < -0.39 is 0 Å². The van der Waals surface area contributed by atoms with Crippen molar-refractivity contribution >= 4 is 11.6 Å². The van der Waals surface area contributed by atoms with E-state index in [9.17, 15) is 4.79 Å². The molecule has 0 aromatic carbocycles. The third-order valence-electron chi connectivity index (χ3n) is 3.41. The Morgan fingerprint density at radius 3 is 2.88 bits per heavy atom. The zero-order valence-electron chi connectivity index (χ0n) is 10.2. The third kappa shape index (κ3) is 3.03. The number of aromatic nitrogens is 1. The van der Waals surface area contributed by atoms with E-state index in [-0.39, 0.29) is 11.4 Å². The molecule has 0 spiro atoms. The van der Waals surface area contributed by atoms with E-state index in [1.165, 1.54) is 0 Å². The Kier molecular flexibility index (Phi) is 3.43. The van der Waals surface area contributed by atoms with E-state index >= 15 is 0 Å². The van der Waals surface area contributed by atoms with Crippen molar-refractivity contribution in [3.8, 4) is 0 Å². The van der Waals surface area contributed by atoms with Gasteiger partial charge in [0, 0.05) is 30.0 Å². The molecule has 2 rings (SSSR count). The Hall–Kier alpha value is -1.42. The number of nitrogens with two attached hydrogens (primary N) is 1. The number of amides is 1. The standard InChI is InChI=1S/C13H19N3O/c1-10-9-15-7-4-11(10)16-12(17)8-13(14)5-2-3-6-13/h4,7,9H,2-3,5-6,8,14H2,1H3,(H,15,16,17). The lowest BCUT2D eigenvalue weighted by Crippen LogP contribution is -2.40. The zero-order valence-corrected chi connectivity index (χ0v) is 10.2. The minimum atomic E-state index is -0.287. The van der Waals surface area contributed by atoms with Gasteiger partial charge in [0.05, 0.1) is 0 Å². The maximum absolute atomic E-state index is 11.9. The first-order chi connectivity index (χ1) is 8.09. The van der Waals surface area contributed by atoms with Crippen LogP contribution in [-0.4, -0.2) is 16.4 Å². The molecule has 4 nitrogen and oxygen atoms in total. The average molecular weight is 233 g/mol. The van der Waals surface area contributed by atoms with Crippen molar-refractivity contribution < 1.29 is 4.79 Å². The summed E-state index contributed by atoms with van der Waals surface area (Å²) >= 11 is 0. The highest BCUT2D eigenvalue weighted by molar-refractivity contribution is 5.92. The summed E-state index contributed by atoms with van der Waals surface area (Å²) in [6.07, 6.45) is 8.01. The van der Waals surface area contributed by atoms with Crippen LogP contribution in [0.25, 0.3) is 0 Å². The summed E-state index contributed by atoms with van der Waals surface area (Å²) in [5.41, 5.74) is 7.69. The Bertz CT molecular complexity index is 411. The summed E-state index contributed by atoms with van der Waals surface area (Å²) in [5.74, 6) is 0.00343. The van der Waals surface area contributed by atoms with Crippen molar-refractivity contribution in [2.45, 2.75) is 44.6 Å². The van der Waals surface area contributed by atoms with Crippen molar-refractivity contribution in [1.82, 2.24) is 4.98 Å². The highest BCUT2D eigenvalue weighted by Gasteiger charge is 2.31. The summed E-state index contributed by atoms with van der Waals surface area (Å²) < 4.78 is 0. The van der Waals surface area contributed by atoms with Gasteiger partial charge in [0.2, 0.25) is 5.91 Å². The third-order valence-corrected chi connectivity index (χ3v) is 3.41. The first kappa shape index (κ1) is 12.0. The predicted molar refractivity (Wildman–Crippen MR) is 67.6 cm³/mol. The van der Waals surface area contributed by atoms with Gasteiger partial charge in [-0.1, -0.05) is 12.8 Å². The first-order valence-electron chi connectivity index (χ1n) is 6.08. The Morgan fingerprint density at radius 2 is 2.24 bits per heavy atom. The summed E-state index contributed by atoms with van der Waals surface area (Å²) in [4.78, 5) is 15.9. The SMILES string of the molecule is Cc1cnccc1NC(=O)CC1(N)CCCC1. The predicted octanol–water partition coefficient (Wildman–Crippen LogP) is 1.99. The van der Waals surface area contributed by atoms with E-state index in [1.54, 1.807) is 12.4 Å². The number of anilines is 1. The Morgan fingerprint density at radius 1 is 1.53 bits per heavy atom. The van der Waals surface area contributed by atoms with Crippen molar-refractivity contribution in [3.05, 3.63) is 24.0 Å². The fourth-order valence-electron chi connectivity index (χ4n) is 2.38. The fraction of sp³-hybridized carbons (Fsp3) is 0.538. The maximum Gasteiger partial charge on any atom is 0.226 e. The topological polar surface area (TPSA) is 68.0 Å². The zero-order chi connectivity index (χ0) is 12.3. The molecule has 1 aromatic heterocycles. The lowest BCUT2D eigenvalue weighted by Gasteiger charge is -2.22. The molecule has 0 radical (unpaired) electrons. The van der Waals surface area contributed by atoms with Gasteiger partial charge in [-0.15, -0.1) is 0 Å². The quantitative estimate of drug-likeness (QED) is 0.839. The first-order valence-corrected chi connectivity index (χ1v) is 6.08. The van der Waals surface area contributed by atoms with E-state index in [2.05, 4.69) is 10.3 Å². The van der Waals surface area contributed by atoms with Crippen molar-refractivity contribution in [1.29, 1.82) is 0 Å². The average Bonchev–Trinajstić information content (AvgIpc) is 2.68. The number of hydrogen-bond donors (Lipinski definition) is 2. The minimum absolute atomic E-state index is 0.00343. The van der Waals surface area contributed by atoms with Gasteiger partial charge < -0.3 is 11.1 Å². The highest BCUT2D eigenvalue weighted by atomic mass is 16.1. The molecule has 1 aliphatic carbocycles. The molecule has 0 saturated heterocycles. The minimum Gasteiger partial charge on any atom is -0.326 e. The van der Waals surface area contributed by atoms with Crippen LogP contribution in [0.15, 0.2) is 18.5 Å². The number of pyridine rings is 1. The second kappa shape index (κ2) is 4.84. The molecule has 17 heavy (non-hydrogen) atoms. The van der Waals surface area contributed by atoms with Crippen LogP contribution in [0.4, 0.5) is 5.69 Å². The van der Waals surface area contributed by atoms with Gasteiger partial charge in [-0.3, -0.25) is 9.78 Å². The van der Waals surface area contributed by atoms with E-state index in [1.807, 2.05) is 13.0 Å². The molecule has 0 bridgehead atoms. The van der Waals surface area contributed by atoms with Crippen molar-refractivity contribution in [3.63, 3.8) is 0 Å². The number of nitrogens with one attached hydrogen (secondary N) is 1. The Labute approximate surface area is 102 Å². The van der Waals surface area contributed by atoms with Gasteiger partial charge in [0.25, 0.3) is 0 Å². The summed E-state index contributed by atoms with van der Waals surface area (Å²) in [6, 6.07) is 1.81.